The molecule has 5 nitrogen and oxygen atoms in total. The van der Waals surface area contributed by atoms with Gasteiger partial charge < -0.3 is 9.84 Å². The Hall–Kier alpha value is -1.47. The minimum atomic E-state index is -4.74. The van der Waals surface area contributed by atoms with Gasteiger partial charge in [0.15, 0.2) is 12.1 Å². The third-order valence-electron chi connectivity index (χ3n) is 1.81. The van der Waals surface area contributed by atoms with E-state index in [0.29, 0.717) is 0 Å². The van der Waals surface area contributed by atoms with Crippen molar-refractivity contribution in [2.45, 2.75) is 18.3 Å². The Labute approximate surface area is 76.0 Å². The Morgan fingerprint density at radius 1 is 1.43 bits per heavy atom. The zero-order valence-corrected chi connectivity index (χ0v) is 6.91. The summed E-state index contributed by atoms with van der Waals surface area (Å²) in [7, 11) is 0.897. The molecule has 0 radical (unpaired) electrons. The van der Waals surface area contributed by atoms with Crippen LogP contribution in [0.4, 0.5) is 18.0 Å². The molecule has 0 bridgehead atoms. The molecule has 0 aromatic heterocycles. The summed E-state index contributed by atoms with van der Waals surface area (Å²) in [6, 6.07) is -4.02. The van der Waals surface area contributed by atoms with E-state index in [1.807, 2.05) is 0 Å². The van der Waals surface area contributed by atoms with Crippen molar-refractivity contribution in [3.63, 3.8) is 0 Å². The lowest BCUT2D eigenvalue weighted by atomic mass is 10.3. The molecule has 0 spiro atoms. The predicted molar refractivity (Wildman–Crippen MR) is 35.5 cm³/mol. The molecule has 0 aliphatic carbocycles. The molecule has 1 saturated heterocycles. The number of hydrogen-bond acceptors (Lipinski definition) is 3. The molecular formula is C6H6F3NO4. The Morgan fingerprint density at radius 3 is 2.14 bits per heavy atom. The first kappa shape index (κ1) is 10.6. The fraction of sp³-hybridized carbons (Fsp3) is 0.667. The van der Waals surface area contributed by atoms with E-state index in [0.717, 1.165) is 7.11 Å². The van der Waals surface area contributed by atoms with Crippen molar-refractivity contribution in [3.8, 4) is 0 Å². The molecule has 14 heavy (non-hydrogen) atoms. The van der Waals surface area contributed by atoms with Crippen LogP contribution in [0.5, 0.6) is 0 Å². The fourth-order valence-corrected chi connectivity index (χ4v) is 1.17. The Bertz CT molecular complexity index is 277. The second kappa shape index (κ2) is 3.03. The van der Waals surface area contributed by atoms with Gasteiger partial charge in [-0.25, -0.2) is 9.59 Å². The summed E-state index contributed by atoms with van der Waals surface area (Å²) < 4.78 is 40.3. The Kier molecular flexibility index (Phi) is 2.30. The van der Waals surface area contributed by atoms with Gasteiger partial charge in [0.25, 0.3) is 0 Å². The van der Waals surface area contributed by atoms with Gasteiger partial charge in [-0.05, 0) is 0 Å². The second-order valence-electron chi connectivity index (χ2n) is 2.64. The van der Waals surface area contributed by atoms with Crippen molar-refractivity contribution in [1.82, 2.24) is 4.90 Å². The van der Waals surface area contributed by atoms with E-state index in [9.17, 15) is 22.8 Å². The van der Waals surface area contributed by atoms with Gasteiger partial charge in [0.05, 0.1) is 7.11 Å². The lowest BCUT2D eigenvalue weighted by molar-refractivity contribution is -0.147. The first-order valence-electron chi connectivity index (χ1n) is 3.46. The summed E-state index contributed by atoms with van der Waals surface area (Å²) in [5.74, 6) is -1.20. The number of amides is 1. The van der Waals surface area contributed by atoms with Crippen LogP contribution in [-0.2, 0) is 9.53 Å². The lowest BCUT2D eigenvalue weighted by Gasteiger charge is -2.02. The molecule has 1 fully saturated rings. The predicted octanol–water partition coefficient (Wildman–Crippen LogP) is 0.452. The average Bonchev–Trinajstić information content (AvgIpc) is 2.76. The first-order chi connectivity index (χ1) is 6.30. The molecule has 0 aromatic carbocycles. The van der Waals surface area contributed by atoms with Gasteiger partial charge in [-0.2, -0.15) is 13.2 Å². The van der Waals surface area contributed by atoms with Crippen molar-refractivity contribution < 1.29 is 32.6 Å². The quantitative estimate of drug-likeness (QED) is 0.507. The van der Waals surface area contributed by atoms with E-state index >= 15 is 0 Å². The van der Waals surface area contributed by atoms with Gasteiger partial charge in [-0.1, -0.05) is 0 Å². The molecule has 1 N–H and O–H groups in total. The van der Waals surface area contributed by atoms with Gasteiger partial charge in [0, 0.05) is 0 Å². The summed E-state index contributed by atoms with van der Waals surface area (Å²) in [5, 5.41) is 8.32. The van der Waals surface area contributed by atoms with Crippen molar-refractivity contribution in [2.75, 3.05) is 7.11 Å². The highest BCUT2D eigenvalue weighted by Gasteiger charge is 2.69. The molecule has 1 amide bonds. The second-order valence-corrected chi connectivity index (χ2v) is 2.64. The van der Waals surface area contributed by atoms with E-state index in [1.54, 1.807) is 0 Å². The number of methoxy groups -OCH3 is 1. The van der Waals surface area contributed by atoms with Crippen molar-refractivity contribution in [1.29, 1.82) is 0 Å². The number of halogens is 3. The van der Waals surface area contributed by atoms with E-state index in [4.69, 9.17) is 5.11 Å². The number of rotatable bonds is 1. The summed E-state index contributed by atoms with van der Waals surface area (Å²) in [5.41, 5.74) is 0. The number of alkyl halides is 3. The molecule has 1 aliphatic rings. The maximum atomic E-state index is 12.1. The molecular weight excluding hydrogens is 207 g/mol. The number of esters is 1. The molecule has 0 saturated carbocycles. The Morgan fingerprint density at radius 2 is 1.93 bits per heavy atom. The van der Waals surface area contributed by atoms with Crippen LogP contribution in [0.15, 0.2) is 0 Å². The van der Waals surface area contributed by atoms with Gasteiger partial charge in [0.2, 0.25) is 0 Å². The van der Waals surface area contributed by atoms with E-state index in [1.165, 1.54) is 0 Å². The van der Waals surface area contributed by atoms with Crippen LogP contribution in [0, 0.1) is 0 Å². The molecule has 80 valence electrons. The third kappa shape index (κ3) is 1.59. The molecule has 8 heteroatoms. The number of carbonyl (C=O) groups excluding carboxylic acids is 1. The van der Waals surface area contributed by atoms with Crippen LogP contribution in [0.1, 0.15) is 0 Å². The van der Waals surface area contributed by atoms with E-state index < -0.39 is 30.3 Å². The molecule has 1 rings (SSSR count). The smallest absolute Gasteiger partial charge is 0.411 e. The summed E-state index contributed by atoms with van der Waals surface area (Å²) in [4.78, 5) is 21.0. The monoisotopic (exact) mass is 213 g/mol. The zero-order chi connectivity index (χ0) is 11.1. The standard InChI is InChI=1S/C6H6F3NO4/c1-14-4(11)2-3(6(7,8)9)10(2)5(12)13/h2-3H,1H3,(H,12,13). The van der Waals surface area contributed by atoms with Crippen LogP contribution >= 0.6 is 0 Å². The largest absolute Gasteiger partial charge is 0.467 e. The van der Waals surface area contributed by atoms with Gasteiger partial charge in [-0.3, -0.25) is 4.90 Å². The molecule has 2 unspecified atom stereocenters. The number of carboxylic acid groups (broad SMARTS) is 1. The highest BCUT2D eigenvalue weighted by molar-refractivity contribution is 5.87. The summed E-state index contributed by atoms with van der Waals surface area (Å²) in [6.07, 6.45) is -6.53. The average molecular weight is 213 g/mol. The van der Waals surface area contributed by atoms with Crippen LogP contribution < -0.4 is 0 Å². The van der Waals surface area contributed by atoms with Crippen molar-refractivity contribution >= 4 is 12.1 Å². The molecule has 2 atom stereocenters. The Balaban J connectivity index is 2.79. The van der Waals surface area contributed by atoms with Crippen LogP contribution in [0.3, 0.4) is 0 Å². The normalized spacial score (nSPS) is 25.9. The van der Waals surface area contributed by atoms with Gasteiger partial charge >= 0.3 is 18.2 Å². The third-order valence-corrected chi connectivity index (χ3v) is 1.81. The summed E-state index contributed by atoms with van der Waals surface area (Å²) in [6.45, 7) is 0. The highest BCUT2D eigenvalue weighted by atomic mass is 19.4. The first-order valence-corrected chi connectivity index (χ1v) is 3.46. The van der Waals surface area contributed by atoms with Crippen molar-refractivity contribution in [3.05, 3.63) is 0 Å². The van der Waals surface area contributed by atoms with Crippen LogP contribution in [0.25, 0.3) is 0 Å². The maximum absolute atomic E-state index is 12.1. The number of carbonyl (C=O) groups is 2. The van der Waals surface area contributed by atoms with Crippen molar-refractivity contribution in [2.24, 2.45) is 0 Å². The lowest BCUT2D eigenvalue weighted by Crippen LogP contribution is -2.24. The van der Waals surface area contributed by atoms with E-state index in [2.05, 4.69) is 4.74 Å². The maximum Gasteiger partial charge on any atom is 0.411 e. The molecule has 1 aliphatic heterocycles. The number of hydrogen-bond donors (Lipinski definition) is 1. The van der Waals surface area contributed by atoms with Crippen LogP contribution in [-0.4, -0.2) is 47.4 Å². The summed E-state index contributed by atoms with van der Waals surface area (Å²) >= 11 is 0. The zero-order valence-electron chi connectivity index (χ0n) is 6.91. The van der Waals surface area contributed by atoms with Gasteiger partial charge in [0.1, 0.15) is 0 Å². The van der Waals surface area contributed by atoms with E-state index in [-0.39, 0.29) is 4.90 Å². The molecule has 0 aromatic rings. The fourth-order valence-electron chi connectivity index (χ4n) is 1.17. The number of nitrogens with zero attached hydrogens (tertiary/aromatic N) is 1. The number of ether oxygens (including phenoxy) is 1. The van der Waals surface area contributed by atoms with Gasteiger partial charge in [-0.15, -0.1) is 0 Å². The van der Waals surface area contributed by atoms with Crippen LogP contribution in [0.2, 0.25) is 0 Å². The highest BCUT2D eigenvalue weighted by Crippen LogP contribution is 2.41. The minimum Gasteiger partial charge on any atom is -0.467 e. The SMILES string of the molecule is COC(=O)C1C(C(F)(F)F)N1C(=O)O. The molecule has 1 heterocycles. The topological polar surface area (TPSA) is 66.6 Å². The minimum absolute atomic E-state index is 0.00579.